The zero-order valence-corrected chi connectivity index (χ0v) is 17.5. The third-order valence-electron chi connectivity index (χ3n) is 4.41. The molecule has 9 heteroatoms. The summed E-state index contributed by atoms with van der Waals surface area (Å²) in [5.41, 5.74) is 0. The topological polar surface area (TPSA) is 82.1 Å². The lowest BCUT2D eigenvalue weighted by molar-refractivity contribution is 0.121. The van der Waals surface area contributed by atoms with Crippen molar-refractivity contribution in [3.8, 4) is 0 Å². The highest BCUT2D eigenvalue weighted by atomic mass is 32.2. The van der Waals surface area contributed by atoms with Crippen LogP contribution in [0.2, 0.25) is 0 Å². The molecule has 0 spiro atoms. The van der Waals surface area contributed by atoms with E-state index < -0.39 is 0 Å². The van der Waals surface area contributed by atoms with Gasteiger partial charge in [-0.05, 0) is 19.3 Å². The van der Waals surface area contributed by atoms with Gasteiger partial charge in [0.1, 0.15) is 0 Å². The van der Waals surface area contributed by atoms with E-state index in [9.17, 15) is 0 Å². The Hall–Kier alpha value is -1.61. The van der Waals surface area contributed by atoms with Gasteiger partial charge < -0.3 is 14.2 Å². The number of unbranched alkanes of at least 4 members (excludes halogenated alkanes) is 1. The molecule has 3 rings (SSSR count). The van der Waals surface area contributed by atoms with Gasteiger partial charge in [0.05, 0.1) is 18.5 Å². The van der Waals surface area contributed by atoms with Crippen molar-refractivity contribution >= 4 is 17.7 Å². The molecule has 8 nitrogen and oxygen atoms in total. The lowest BCUT2D eigenvalue weighted by Gasteiger charge is -2.28. The second kappa shape index (κ2) is 9.54. The van der Waals surface area contributed by atoms with Gasteiger partial charge in [-0.15, -0.1) is 10.2 Å². The van der Waals surface area contributed by atoms with Crippen molar-refractivity contribution in [1.82, 2.24) is 24.9 Å². The maximum absolute atomic E-state index is 5.47. The SMILES string of the molecule is CCCCc1noc(C(C)Sc2nnc(N3CCOCC3)n2CC(C)C)n1. The number of aryl methyl sites for hydroxylation is 1. The van der Waals surface area contributed by atoms with Crippen molar-refractivity contribution in [2.75, 3.05) is 31.2 Å². The smallest absolute Gasteiger partial charge is 0.239 e. The molecule has 0 saturated carbocycles. The van der Waals surface area contributed by atoms with E-state index in [4.69, 9.17) is 9.26 Å². The Morgan fingerprint density at radius 3 is 2.63 bits per heavy atom. The molecule has 0 N–H and O–H groups in total. The molecule has 1 unspecified atom stereocenters. The molecule has 2 aromatic heterocycles. The zero-order chi connectivity index (χ0) is 19.2. The van der Waals surface area contributed by atoms with Crippen LogP contribution in [0, 0.1) is 5.92 Å². The van der Waals surface area contributed by atoms with Crippen LogP contribution in [0.3, 0.4) is 0 Å². The van der Waals surface area contributed by atoms with Crippen LogP contribution in [-0.2, 0) is 17.7 Å². The van der Waals surface area contributed by atoms with Crippen LogP contribution in [0.15, 0.2) is 9.68 Å². The first-order valence-electron chi connectivity index (χ1n) is 9.83. The van der Waals surface area contributed by atoms with Gasteiger partial charge in [-0.3, -0.25) is 4.57 Å². The Morgan fingerprint density at radius 1 is 1.15 bits per heavy atom. The fourth-order valence-electron chi connectivity index (χ4n) is 2.97. The maximum atomic E-state index is 5.47. The van der Waals surface area contributed by atoms with Gasteiger partial charge in [-0.1, -0.05) is 44.1 Å². The molecule has 0 bridgehead atoms. The average molecular weight is 395 g/mol. The van der Waals surface area contributed by atoms with Crippen molar-refractivity contribution < 1.29 is 9.26 Å². The highest BCUT2D eigenvalue weighted by Crippen LogP contribution is 2.35. The van der Waals surface area contributed by atoms with Gasteiger partial charge in [0.25, 0.3) is 0 Å². The monoisotopic (exact) mass is 394 g/mol. The van der Waals surface area contributed by atoms with Gasteiger partial charge in [-0.25, -0.2) is 0 Å². The molecule has 0 amide bonds. The second-order valence-electron chi connectivity index (χ2n) is 7.30. The molecule has 0 radical (unpaired) electrons. The van der Waals surface area contributed by atoms with Crippen LogP contribution in [0.1, 0.15) is 57.5 Å². The number of hydrogen-bond donors (Lipinski definition) is 0. The molecule has 1 fully saturated rings. The van der Waals surface area contributed by atoms with Crippen molar-refractivity contribution in [2.24, 2.45) is 5.92 Å². The molecule has 2 aromatic rings. The van der Waals surface area contributed by atoms with E-state index in [0.29, 0.717) is 11.8 Å². The fourth-order valence-corrected chi connectivity index (χ4v) is 3.85. The Kier molecular flexibility index (Phi) is 7.12. The predicted molar refractivity (Wildman–Crippen MR) is 105 cm³/mol. The summed E-state index contributed by atoms with van der Waals surface area (Å²) in [6.07, 6.45) is 3.06. The molecule has 0 aromatic carbocycles. The first kappa shape index (κ1) is 20.1. The number of nitrogens with zero attached hydrogens (tertiary/aromatic N) is 6. The number of anilines is 1. The molecule has 1 saturated heterocycles. The average Bonchev–Trinajstić information content (AvgIpc) is 3.28. The zero-order valence-electron chi connectivity index (χ0n) is 16.7. The van der Waals surface area contributed by atoms with E-state index in [1.807, 2.05) is 0 Å². The van der Waals surface area contributed by atoms with E-state index in [2.05, 4.69) is 57.5 Å². The normalized spacial score (nSPS) is 16.3. The van der Waals surface area contributed by atoms with Gasteiger partial charge >= 0.3 is 0 Å². The summed E-state index contributed by atoms with van der Waals surface area (Å²) in [4.78, 5) is 6.80. The molecule has 1 atom stereocenters. The minimum Gasteiger partial charge on any atom is -0.378 e. The number of rotatable bonds is 9. The van der Waals surface area contributed by atoms with Gasteiger partial charge in [0.2, 0.25) is 11.8 Å². The Bertz CT molecular complexity index is 711. The summed E-state index contributed by atoms with van der Waals surface area (Å²) in [7, 11) is 0. The summed E-state index contributed by atoms with van der Waals surface area (Å²) >= 11 is 1.62. The molecule has 150 valence electrons. The van der Waals surface area contributed by atoms with Crippen molar-refractivity contribution in [3.63, 3.8) is 0 Å². The van der Waals surface area contributed by atoms with Crippen LogP contribution in [0.25, 0.3) is 0 Å². The highest BCUT2D eigenvalue weighted by molar-refractivity contribution is 7.99. The molecule has 1 aliphatic heterocycles. The summed E-state index contributed by atoms with van der Waals surface area (Å²) in [6, 6.07) is 0. The number of ether oxygens (including phenoxy) is 1. The summed E-state index contributed by atoms with van der Waals surface area (Å²) in [6.45, 7) is 12.7. The predicted octanol–water partition coefficient (Wildman–Crippen LogP) is 3.35. The number of hydrogen-bond acceptors (Lipinski definition) is 8. The van der Waals surface area contributed by atoms with Crippen molar-refractivity contribution in [3.05, 3.63) is 11.7 Å². The summed E-state index contributed by atoms with van der Waals surface area (Å²) < 4.78 is 13.2. The number of thioether (sulfide) groups is 1. The highest BCUT2D eigenvalue weighted by Gasteiger charge is 2.24. The van der Waals surface area contributed by atoms with E-state index in [1.54, 1.807) is 11.8 Å². The van der Waals surface area contributed by atoms with Crippen molar-refractivity contribution in [2.45, 2.75) is 63.9 Å². The quantitative estimate of drug-likeness (QED) is 0.599. The summed E-state index contributed by atoms with van der Waals surface area (Å²) in [5, 5.41) is 14.0. The maximum Gasteiger partial charge on any atom is 0.239 e. The van der Waals surface area contributed by atoms with Gasteiger partial charge in [-0.2, -0.15) is 4.98 Å². The van der Waals surface area contributed by atoms with Crippen molar-refractivity contribution in [1.29, 1.82) is 0 Å². The molecule has 27 heavy (non-hydrogen) atoms. The second-order valence-corrected chi connectivity index (χ2v) is 8.61. The Balaban J connectivity index is 1.74. The molecular weight excluding hydrogens is 364 g/mol. The van der Waals surface area contributed by atoms with Gasteiger partial charge in [0, 0.05) is 26.1 Å². The van der Waals surface area contributed by atoms with E-state index in [1.165, 1.54) is 0 Å². The lowest BCUT2D eigenvalue weighted by Crippen LogP contribution is -2.38. The minimum absolute atomic E-state index is 0.0283. The summed E-state index contributed by atoms with van der Waals surface area (Å²) in [5.74, 6) is 2.87. The van der Waals surface area contributed by atoms with Crippen LogP contribution < -0.4 is 4.90 Å². The van der Waals surface area contributed by atoms with E-state index >= 15 is 0 Å². The molecule has 3 heterocycles. The Labute approximate surface area is 165 Å². The van der Waals surface area contributed by atoms with Crippen LogP contribution in [-0.4, -0.2) is 51.2 Å². The Morgan fingerprint density at radius 2 is 1.93 bits per heavy atom. The van der Waals surface area contributed by atoms with Crippen LogP contribution in [0.5, 0.6) is 0 Å². The molecule has 1 aliphatic rings. The van der Waals surface area contributed by atoms with E-state index in [-0.39, 0.29) is 5.25 Å². The standard InChI is InChI=1S/C18H30N6O2S/c1-5-6-7-15-19-16(26-22-15)14(4)27-18-21-20-17(24(18)12-13(2)3)23-8-10-25-11-9-23/h13-14H,5-12H2,1-4H3. The fraction of sp³-hybridized carbons (Fsp3) is 0.778. The third-order valence-corrected chi connectivity index (χ3v) is 5.47. The van der Waals surface area contributed by atoms with Crippen LogP contribution in [0.4, 0.5) is 5.95 Å². The number of aromatic nitrogens is 5. The molecule has 0 aliphatic carbocycles. The number of morpholine rings is 1. The van der Waals surface area contributed by atoms with Gasteiger partial charge in [0.15, 0.2) is 11.0 Å². The first-order chi connectivity index (χ1) is 13.1. The third kappa shape index (κ3) is 5.22. The minimum atomic E-state index is 0.0283. The van der Waals surface area contributed by atoms with E-state index in [0.717, 1.165) is 69.0 Å². The first-order valence-corrected chi connectivity index (χ1v) is 10.7. The lowest BCUT2D eigenvalue weighted by atomic mass is 10.2. The van der Waals surface area contributed by atoms with Crippen LogP contribution >= 0.6 is 11.8 Å². The largest absolute Gasteiger partial charge is 0.378 e. The molecular formula is C18H30N6O2S.